The van der Waals surface area contributed by atoms with Crippen LogP contribution in [-0.2, 0) is 5.41 Å². The van der Waals surface area contributed by atoms with E-state index >= 15 is 0 Å². The molecule has 0 aliphatic heterocycles. The van der Waals surface area contributed by atoms with E-state index in [1.807, 2.05) is 12.1 Å². The Kier molecular flexibility index (Phi) is 3.31. The quantitative estimate of drug-likeness (QED) is 0.799. The molecule has 1 saturated carbocycles. The fraction of sp³-hybridized carbons (Fsp3) is 0.625. The summed E-state index contributed by atoms with van der Waals surface area (Å²) in [5, 5.41) is 0. The summed E-state index contributed by atoms with van der Waals surface area (Å²) in [6.07, 6.45) is 3.76. The van der Waals surface area contributed by atoms with Gasteiger partial charge < -0.3 is 9.47 Å². The highest BCUT2D eigenvalue weighted by Gasteiger charge is 2.47. The molecule has 2 heteroatoms. The zero-order valence-electron chi connectivity index (χ0n) is 12.2. The van der Waals surface area contributed by atoms with Gasteiger partial charge in [-0.1, -0.05) is 27.2 Å². The van der Waals surface area contributed by atoms with Crippen molar-refractivity contribution in [1.29, 1.82) is 0 Å². The molecule has 2 rings (SSSR count). The minimum atomic E-state index is 0.160. The molecule has 100 valence electrons. The SMILES string of the molecule is COc1ccc(OC)c([C@]2(C)CCCC2(C)C)c1. The van der Waals surface area contributed by atoms with E-state index in [0.29, 0.717) is 5.41 Å². The average molecular weight is 248 g/mol. The van der Waals surface area contributed by atoms with Crippen LogP contribution in [-0.4, -0.2) is 14.2 Å². The molecule has 0 radical (unpaired) electrons. The first kappa shape index (κ1) is 13.3. The van der Waals surface area contributed by atoms with Crippen LogP contribution < -0.4 is 9.47 Å². The number of methoxy groups -OCH3 is 2. The maximum Gasteiger partial charge on any atom is 0.122 e. The summed E-state index contributed by atoms with van der Waals surface area (Å²) in [6, 6.07) is 6.13. The normalized spacial score (nSPS) is 26.1. The Morgan fingerprint density at radius 2 is 1.72 bits per heavy atom. The number of benzene rings is 1. The summed E-state index contributed by atoms with van der Waals surface area (Å²) < 4.78 is 10.9. The van der Waals surface area contributed by atoms with Crippen molar-refractivity contribution in [3.8, 4) is 11.5 Å². The third-order valence-corrected chi connectivity index (χ3v) is 4.97. The van der Waals surface area contributed by atoms with Gasteiger partial charge in [-0.05, 0) is 36.5 Å². The Morgan fingerprint density at radius 1 is 1.00 bits per heavy atom. The maximum atomic E-state index is 5.56. The molecule has 1 aromatic carbocycles. The lowest BCUT2D eigenvalue weighted by Gasteiger charge is -2.40. The smallest absolute Gasteiger partial charge is 0.122 e. The fourth-order valence-electron chi connectivity index (χ4n) is 3.24. The molecule has 2 nitrogen and oxygen atoms in total. The van der Waals surface area contributed by atoms with Gasteiger partial charge in [0.1, 0.15) is 11.5 Å². The van der Waals surface area contributed by atoms with Gasteiger partial charge in [0, 0.05) is 11.0 Å². The molecule has 0 heterocycles. The molecule has 0 bridgehead atoms. The van der Waals surface area contributed by atoms with E-state index in [1.54, 1.807) is 14.2 Å². The molecule has 1 atom stereocenters. The second-order valence-corrected chi connectivity index (χ2v) is 6.14. The summed E-state index contributed by atoms with van der Waals surface area (Å²) in [7, 11) is 3.46. The molecule has 0 amide bonds. The van der Waals surface area contributed by atoms with Crippen molar-refractivity contribution in [3.05, 3.63) is 23.8 Å². The van der Waals surface area contributed by atoms with Gasteiger partial charge in [0.25, 0.3) is 0 Å². The van der Waals surface area contributed by atoms with Gasteiger partial charge in [-0.25, -0.2) is 0 Å². The average Bonchev–Trinajstić information content (AvgIpc) is 2.64. The molecule has 0 saturated heterocycles. The van der Waals surface area contributed by atoms with Gasteiger partial charge in [0.05, 0.1) is 14.2 Å². The van der Waals surface area contributed by atoms with E-state index in [2.05, 4.69) is 26.8 Å². The van der Waals surface area contributed by atoms with Gasteiger partial charge >= 0.3 is 0 Å². The molecular formula is C16H24O2. The molecule has 0 N–H and O–H groups in total. The van der Waals surface area contributed by atoms with Crippen LogP contribution in [0.1, 0.15) is 45.6 Å². The van der Waals surface area contributed by atoms with E-state index < -0.39 is 0 Å². The third kappa shape index (κ3) is 1.88. The molecular weight excluding hydrogens is 224 g/mol. The molecule has 0 aromatic heterocycles. The van der Waals surface area contributed by atoms with Crippen molar-refractivity contribution in [2.45, 2.75) is 45.4 Å². The zero-order chi connectivity index (χ0) is 13.4. The van der Waals surface area contributed by atoms with E-state index in [-0.39, 0.29) is 5.41 Å². The number of hydrogen-bond donors (Lipinski definition) is 0. The first-order valence-corrected chi connectivity index (χ1v) is 6.67. The minimum absolute atomic E-state index is 0.160. The van der Waals surface area contributed by atoms with Crippen LogP contribution in [0.15, 0.2) is 18.2 Å². The van der Waals surface area contributed by atoms with Crippen LogP contribution in [0.2, 0.25) is 0 Å². The van der Waals surface area contributed by atoms with Gasteiger partial charge in [-0.2, -0.15) is 0 Å². The van der Waals surface area contributed by atoms with Crippen molar-refractivity contribution in [1.82, 2.24) is 0 Å². The first-order valence-electron chi connectivity index (χ1n) is 6.67. The van der Waals surface area contributed by atoms with Crippen LogP contribution in [0.4, 0.5) is 0 Å². The summed E-state index contributed by atoms with van der Waals surface area (Å²) >= 11 is 0. The highest BCUT2D eigenvalue weighted by atomic mass is 16.5. The van der Waals surface area contributed by atoms with Crippen LogP contribution in [0.3, 0.4) is 0 Å². The monoisotopic (exact) mass is 248 g/mol. The second kappa shape index (κ2) is 4.49. The van der Waals surface area contributed by atoms with Crippen LogP contribution >= 0.6 is 0 Å². The zero-order valence-corrected chi connectivity index (χ0v) is 12.2. The van der Waals surface area contributed by atoms with Gasteiger partial charge in [-0.3, -0.25) is 0 Å². The lowest BCUT2D eigenvalue weighted by molar-refractivity contribution is 0.217. The van der Waals surface area contributed by atoms with E-state index in [1.165, 1.54) is 24.8 Å². The van der Waals surface area contributed by atoms with Gasteiger partial charge in [0.2, 0.25) is 0 Å². The topological polar surface area (TPSA) is 18.5 Å². The summed E-state index contributed by atoms with van der Waals surface area (Å²) in [5.41, 5.74) is 1.74. The minimum Gasteiger partial charge on any atom is -0.497 e. The highest BCUT2D eigenvalue weighted by Crippen LogP contribution is 2.56. The molecule has 1 aromatic rings. The van der Waals surface area contributed by atoms with Crippen molar-refractivity contribution in [3.63, 3.8) is 0 Å². The Balaban J connectivity index is 2.55. The van der Waals surface area contributed by atoms with E-state index in [4.69, 9.17) is 9.47 Å². The Labute approximate surface area is 110 Å². The molecule has 1 aliphatic carbocycles. The van der Waals surface area contributed by atoms with Crippen LogP contribution in [0, 0.1) is 5.41 Å². The van der Waals surface area contributed by atoms with Crippen molar-refractivity contribution < 1.29 is 9.47 Å². The molecule has 18 heavy (non-hydrogen) atoms. The lowest BCUT2D eigenvalue weighted by Crippen LogP contribution is -2.34. The van der Waals surface area contributed by atoms with Gasteiger partial charge in [0.15, 0.2) is 0 Å². The van der Waals surface area contributed by atoms with Crippen LogP contribution in [0.25, 0.3) is 0 Å². The van der Waals surface area contributed by atoms with E-state index in [9.17, 15) is 0 Å². The standard InChI is InChI=1S/C16H24O2/c1-15(2)9-6-10-16(15,3)13-11-12(17-4)7-8-14(13)18-5/h7-8,11H,6,9-10H2,1-5H3/t16-/m0/s1. The Bertz CT molecular complexity index is 437. The molecule has 1 fully saturated rings. The van der Waals surface area contributed by atoms with Gasteiger partial charge in [-0.15, -0.1) is 0 Å². The fourth-order valence-corrected chi connectivity index (χ4v) is 3.24. The highest BCUT2D eigenvalue weighted by molar-refractivity contribution is 5.46. The summed E-state index contributed by atoms with van der Waals surface area (Å²) in [5.74, 6) is 1.89. The molecule has 0 spiro atoms. The first-order chi connectivity index (χ1) is 8.44. The summed E-state index contributed by atoms with van der Waals surface area (Å²) in [4.78, 5) is 0. The largest absolute Gasteiger partial charge is 0.497 e. The van der Waals surface area contributed by atoms with E-state index in [0.717, 1.165) is 11.5 Å². The molecule has 1 aliphatic rings. The number of rotatable bonds is 3. The summed E-state index contributed by atoms with van der Waals surface area (Å²) in [6.45, 7) is 7.08. The Hall–Kier alpha value is -1.18. The van der Waals surface area contributed by atoms with Crippen molar-refractivity contribution in [2.75, 3.05) is 14.2 Å². The maximum absolute atomic E-state index is 5.56. The lowest BCUT2D eigenvalue weighted by atomic mass is 9.65. The Morgan fingerprint density at radius 3 is 2.22 bits per heavy atom. The third-order valence-electron chi connectivity index (χ3n) is 4.97. The number of ether oxygens (including phenoxy) is 2. The van der Waals surface area contributed by atoms with Crippen LogP contribution in [0.5, 0.6) is 11.5 Å². The molecule has 0 unspecified atom stereocenters. The number of hydrogen-bond acceptors (Lipinski definition) is 2. The second-order valence-electron chi connectivity index (χ2n) is 6.14. The van der Waals surface area contributed by atoms with Crippen molar-refractivity contribution in [2.24, 2.45) is 5.41 Å². The van der Waals surface area contributed by atoms with Crippen molar-refractivity contribution >= 4 is 0 Å². The predicted molar refractivity (Wildman–Crippen MR) is 74.5 cm³/mol. The predicted octanol–water partition coefficient (Wildman–Crippen LogP) is 4.17.